The molecule has 4 unspecified atom stereocenters. The summed E-state index contributed by atoms with van der Waals surface area (Å²) < 4.78 is 11.0. The molecule has 384 valence electrons. The summed E-state index contributed by atoms with van der Waals surface area (Å²) in [5, 5.41) is 9.77. The van der Waals surface area contributed by atoms with Crippen LogP contribution in [0.25, 0.3) is 0 Å². The Morgan fingerprint density at radius 2 is 0.915 bits per heavy atom. The molecule has 2 fully saturated rings. The number of carbonyl (C=O) groups is 12. The van der Waals surface area contributed by atoms with E-state index in [2.05, 4.69) is 21.3 Å². The van der Waals surface area contributed by atoms with Gasteiger partial charge in [-0.1, -0.05) is 52.0 Å². The highest BCUT2D eigenvalue weighted by Gasteiger charge is 2.36. The third-order valence-corrected chi connectivity index (χ3v) is 12.2. The monoisotopic (exact) mass is 986 g/mol. The summed E-state index contributed by atoms with van der Waals surface area (Å²) in [6.07, 6.45) is -0.545. The smallest absolute Gasteiger partial charge is 0.257 e. The first-order chi connectivity index (χ1) is 33.9. The molecular formula is C51H66N6O14. The zero-order valence-electron chi connectivity index (χ0n) is 41.0. The summed E-state index contributed by atoms with van der Waals surface area (Å²) in [5.41, 5.74) is 2.32. The Balaban J connectivity index is 1.30. The molecule has 20 nitrogen and oxygen atoms in total. The molecule has 71 heavy (non-hydrogen) atoms. The van der Waals surface area contributed by atoms with Gasteiger partial charge in [0.1, 0.15) is 11.6 Å². The molecule has 0 aliphatic carbocycles. The molecule has 2 heterocycles. The normalized spacial score (nSPS) is 16.4. The number of amides is 10. The number of imide groups is 4. The Kier molecular flexibility index (Phi) is 23.0. The van der Waals surface area contributed by atoms with Crippen molar-refractivity contribution in [1.82, 2.24) is 31.1 Å². The first kappa shape index (κ1) is 56.8. The fourth-order valence-electron chi connectivity index (χ4n) is 7.91. The van der Waals surface area contributed by atoms with E-state index in [0.717, 1.165) is 33.8 Å². The van der Waals surface area contributed by atoms with Gasteiger partial charge in [-0.05, 0) is 54.7 Å². The minimum absolute atomic E-state index is 0.00605. The molecular weight excluding hydrogens is 921 g/mol. The van der Waals surface area contributed by atoms with Crippen LogP contribution in [-0.4, -0.2) is 133 Å². The maximum absolute atomic E-state index is 13.5. The Hall–Kier alpha value is -6.80. The van der Waals surface area contributed by atoms with E-state index in [4.69, 9.17) is 9.47 Å². The van der Waals surface area contributed by atoms with E-state index in [1.54, 1.807) is 62.4 Å². The van der Waals surface area contributed by atoms with E-state index in [1.165, 1.54) is 0 Å². The molecule has 4 rings (SSSR count). The van der Waals surface area contributed by atoms with Crippen molar-refractivity contribution in [3.63, 3.8) is 0 Å². The number of nitrogens with zero attached hydrogens (tertiary/aromatic N) is 2. The first-order valence-corrected chi connectivity index (χ1v) is 24.2. The minimum Gasteiger partial charge on any atom is -0.378 e. The quantitative estimate of drug-likeness (QED) is 0.0646. The highest BCUT2D eigenvalue weighted by atomic mass is 16.5. The van der Waals surface area contributed by atoms with Gasteiger partial charge in [0.15, 0.2) is 0 Å². The van der Waals surface area contributed by atoms with Crippen LogP contribution >= 0.6 is 0 Å². The number of nitrogens with one attached hydrogen (secondary N) is 4. The van der Waals surface area contributed by atoms with Gasteiger partial charge in [0.25, 0.3) is 11.8 Å². The highest BCUT2D eigenvalue weighted by Crippen LogP contribution is 2.20. The van der Waals surface area contributed by atoms with Gasteiger partial charge in [-0.25, -0.2) is 0 Å². The second kappa shape index (κ2) is 28.8. The highest BCUT2D eigenvalue weighted by molar-refractivity contribution is 6.08. The van der Waals surface area contributed by atoms with E-state index in [-0.39, 0.29) is 131 Å². The van der Waals surface area contributed by atoms with Gasteiger partial charge in [-0.2, -0.15) is 0 Å². The number of likely N-dealkylation sites (tertiary alicyclic amines) is 2. The number of ether oxygens (including phenoxy) is 2. The zero-order valence-corrected chi connectivity index (χ0v) is 41.0. The Morgan fingerprint density at radius 1 is 0.549 bits per heavy atom. The standard InChI is InChI=1S/C51H66N6O14/c1-5-34-10-14-36(15-11-34)46(64)54-48(66)38(30-42(60)52-18-22-70-24-20-56-44(62)26-32(3)50(56)68)28-40(58)8-7-9-41(59)29-39(49(67)55-47(65)37-16-12-35(6-2)13-17-37)31-43(61)53-19-23-71-25-21-57-45(63)27-33(4)51(57)69/h10-17,32-33,38-39H,5-9,18-31H2,1-4H3,(H,52,60)(H,53,61)(H,54,64,66)(H,55,65,67). The van der Waals surface area contributed by atoms with Gasteiger partial charge in [0.2, 0.25) is 47.3 Å². The van der Waals surface area contributed by atoms with Crippen molar-refractivity contribution in [2.75, 3.05) is 52.6 Å². The number of Topliss-reactive ketones (excluding diaryl/α,β-unsaturated/α-hetero) is 2. The molecule has 0 saturated carbocycles. The molecule has 0 bridgehead atoms. The van der Waals surface area contributed by atoms with Crippen LogP contribution in [0.3, 0.4) is 0 Å². The van der Waals surface area contributed by atoms with Gasteiger partial charge in [0.05, 0.1) is 51.4 Å². The predicted molar refractivity (Wildman–Crippen MR) is 255 cm³/mol. The molecule has 0 spiro atoms. The van der Waals surface area contributed by atoms with Crippen LogP contribution in [0.4, 0.5) is 0 Å². The van der Waals surface area contributed by atoms with Gasteiger partial charge in [0, 0.05) is 87.4 Å². The molecule has 2 aliphatic heterocycles. The second-order valence-corrected chi connectivity index (χ2v) is 17.8. The average Bonchev–Trinajstić information content (AvgIpc) is 3.74. The van der Waals surface area contributed by atoms with Crippen molar-refractivity contribution in [2.45, 2.75) is 98.3 Å². The number of benzene rings is 2. The third-order valence-electron chi connectivity index (χ3n) is 12.2. The number of aryl methyl sites for hydroxylation is 2. The molecule has 2 aliphatic rings. The summed E-state index contributed by atoms with van der Waals surface area (Å²) in [4.78, 5) is 156. The number of ketones is 2. The molecule has 10 amide bonds. The molecule has 2 aromatic rings. The van der Waals surface area contributed by atoms with Crippen LogP contribution < -0.4 is 21.3 Å². The number of hydrogen-bond donors (Lipinski definition) is 4. The van der Waals surface area contributed by atoms with Crippen LogP contribution in [0.2, 0.25) is 0 Å². The van der Waals surface area contributed by atoms with Crippen LogP contribution in [0.15, 0.2) is 48.5 Å². The average molecular weight is 987 g/mol. The van der Waals surface area contributed by atoms with Crippen molar-refractivity contribution >= 4 is 70.6 Å². The lowest BCUT2D eigenvalue weighted by Crippen LogP contribution is -2.40. The second-order valence-electron chi connectivity index (χ2n) is 17.8. The van der Waals surface area contributed by atoms with Crippen molar-refractivity contribution < 1.29 is 67.0 Å². The maximum Gasteiger partial charge on any atom is 0.257 e. The Labute approximate surface area is 413 Å². The van der Waals surface area contributed by atoms with E-state index in [9.17, 15) is 57.5 Å². The fraction of sp³-hybridized carbons (Fsp3) is 0.529. The van der Waals surface area contributed by atoms with Gasteiger partial charge >= 0.3 is 0 Å². The predicted octanol–water partition coefficient (Wildman–Crippen LogP) is 2.18. The van der Waals surface area contributed by atoms with Crippen molar-refractivity contribution in [3.8, 4) is 0 Å². The van der Waals surface area contributed by atoms with E-state index < -0.39 is 84.5 Å². The number of hydrogen-bond acceptors (Lipinski definition) is 14. The third kappa shape index (κ3) is 18.5. The molecule has 4 atom stereocenters. The van der Waals surface area contributed by atoms with Crippen LogP contribution in [0.5, 0.6) is 0 Å². The Bertz CT molecular complexity index is 2120. The van der Waals surface area contributed by atoms with Crippen molar-refractivity contribution in [2.24, 2.45) is 23.7 Å². The molecule has 0 aromatic heterocycles. The van der Waals surface area contributed by atoms with E-state index in [1.807, 2.05) is 13.8 Å². The molecule has 20 heteroatoms. The summed E-state index contributed by atoms with van der Waals surface area (Å²) in [5.74, 6) is -9.82. The molecule has 4 N–H and O–H groups in total. The van der Waals surface area contributed by atoms with Crippen LogP contribution in [0.1, 0.15) is 117 Å². The fourth-order valence-corrected chi connectivity index (χ4v) is 7.91. The lowest BCUT2D eigenvalue weighted by molar-refractivity contribution is -0.141. The van der Waals surface area contributed by atoms with Gasteiger partial charge < -0.3 is 20.1 Å². The topological polar surface area (TPSA) is 278 Å². The SMILES string of the molecule is CCc1ccc(C(=O)NC(=O)C(CC(=O)CCCC(=O)CC(CC(=O)NCCOCCN2C(=O)CC(C)C2=O)C(=O)NC(=O)c2ccc(CC)cc2)CC(=O)NCCOCCN2C(=O)CC(C)C2=O)cc1. The van der Waals surface area contributed by atoms with E-state index in [0.29, 0.717) is 0 Å². The Morgan fingerprint density at radius 3 is 1.24 bits per heavy atom. The first-order valence-electron chi connectivity index (χ1n) is 24.2. The summed E-state index contributed by atoms with van der Waals surface area (Å²) in [7, 11) is 0. The van der Waals surface area contributed by atoms with Crippen LogP contribution in [-0.2, 0) is 70.3 Å². The van der Waals surface area contributed by atoms with Crippen molar-refractivity contribution in [3.05, 3.63) is 70.8 Å². The summed E-state index contributed by atoms with van der Waals surface area (Å²) in [6, 6.07) is 13.2. The van der Waals surface area contributed by atoms with Gasteiger partial charge in [-0.15, -0.1) is 0 Å². The lowest BCUT2D eigenvalue weighted by Gasteiger charge is -2.17. The van der Waals surface area contributed by atoms with Crippen LogP contribution in [0, 0.1) is 23.7 Å². The largest absolute Gasteiger partial charge is 0.378 e. The maximum atomic E-state index is 13.5. The van der Waals surface area contributed by atoms with Gasteiger partial charge in [-0.3, -0.25) is 78.0 Å². The summed E-state index contributed by atoms with van der Waals surface area (Å²) >= 11 is 0. The number of rotatable bonds is 30. The van der Waals surface area contributed by atoms with E-state index >= 15 is 0 Å². The minimum atomic E-state index is -1.28. The summed E-state index contributed by atoms with van der Waals surface area (Å²) in [6.45, 7) is 7.51. The molecule has 0 radical (unpaired) electrons. The molecule has 2 aromatic carbocycles. The molecule has 2 saturated heterocycles. The zero-order chi connectivity index (χ0) is 52.0. The number of carbonyl (C=O) groups excluding carboxylic acids is 12. The van der Waals surface area contributed by atoms with Crippen molar-refractivity contribution in [1.29, 1.82) is 0 Å². The lowest BCUT2D eigenvalue weighted by atomic mass is 9.92.